The van der Waals surface area contributed by atoms with E-state index in [0.29, 0.717) is 0 Å². The second-order valence-electron chi connectivity index (χ2n) is 6.35. The van der Waals surface area contributed by atoms with Crippen molar-refractivity contribution in [3.63, 3.8) is 0 Å². The Bertz CT molecular complexity index is 1410. The third-order valence-electron chi connectivity index (χ3n) is 5.05. The molecule has 0 aromatic heterocycles. The minimum atomic E-state index is 0.891. The fourth-order valence-corrected chi connectivity index (χ4v) is 4.50. The van der Waals surface area contributed by atoms with E-state index in [-0.39, 0.29) is 0 Å². The minimum Gasteiger partial charge on any atom is -0.453 e. The van der Waals surface area contributed by atoms with Gasteiger partial charge in [-0.3, -0.25) is 0 Å². The van der Waals surface area contributed by atoms with Crippen molar-refractivity contribution in [3.8, 4) is 5.69 Å². The van der Waals surface area contributed by atoms with E-state index in [1.54, 1.807) is 0 Å². The molecule has 0 N–H and O–H groups in total. The first-order valence-electron chi connectivity index (χ1n) is 8.24. The average molecular weight is 386 g/mol. The number of halogens is 1. The first-order valence-corrected chi connectivity index (χ1v) is 9.04. The van der Waals surface area contributed by atoms with Crippen LogP contribution in [0.5, 0.6) is 0 Å². The second-order valence-corrected chi connectivity index (χ2v) is 7.21. The van der Waals surface area contributed by atoms with Crippen molar-refractivity contribution in [2.75, 3.05) is 0 Å². The summed E-state index contributed by atoms with van der Waals surface area (Å²) in [6.45, 7) is 0. The summed E-state index contributed by atoms with van der Waals surface area (Å²) in [7, 11) is 0. The fourth-order valence-electron chi connectivity index (χ4n) is 4.03. The number of hydrogen-bond acceptors (Lipinski definition) is 1. The highest BCUT2D eigenvalue weighted by molar-refractivity contribution is 9.10. The lowest BCUT2D eigenvalue weighted by Gasteiger charge is -2.22. The van der Waals surface area contributed by atoms with Gasteiger partial charge in [-0.1, -0.05) is 58.4 Å². The van der Waals surface area contributed by atoms with E-state index in [1.807, 2.05) is 18.2 Å². The molecule has 2 aliphatic heterocycles. The lowest BCUT2D eigenvalue weighted by atomic mass is 9.98. The molecule has 118 valence electrons. The Morgan fingerprint density at radius 2 is 1.40 bits per heavy atom. The van der Waals surface area contributed by atoms with E-state index in [0.717, 1.165) is 26.8 Å². The molecule has 2 nitrogen and oxygen atoms in total. The SMILES string of the molecule is Brc1ccc2c3c1cccc3c1cccc3oc4ccccc4n2-c31. The lowest BCUT2D eigenvalue weighted by molar-refractivity contribution is 0.648. The first kappa shape index (κ1) is 13.5. The maximum Gasteiger partial charge on any atom is 0.152 e. The summed E-state index contributed by atoms with van der Waals surface area (Å²) in [6.07, 6.45) is 0. The molecule has 2 heterocycles. The largest absolute Gasteiger partial charge is 0.453 e. The van der Waals surface area contributed by atoms with Gasteiger partial charge in [0.2, 0.25) is 0 Å². The molecule has 25 heavy (non-hydrogen) atoms. The normalized spacial score (nSPS) is 12.2. The van der Waals surface area contributed by atoms with Gasteiger partial charge in [0, 0.05) is 15.2 Å². The Morgan fingerprint density at radius 1 is 0.640 bits per heavy atom. The fraction of sp³-hybridized carbons (Fsp3) is 0. The molecule has 0 aliphatic carbocycles. The number of benzene rings is 4. The monoisotopic (exact) mass is 385 g/mol. The molecular formula is C22H12BrNO. The summed E-state index contributed by atoms with van der Waals surface area (Å²) in [5.41, 5.74) is 5.21. The summed E-state index contributed by atoms with van der Waals surface area (Å²) >= 11 is 3.72. The highest BCUT2D eigenvalue weighted by Gasteiger charge is 2.20. The van der Waals surface area contributed by atoms with Gasteiger partial charge >= 0.3 is 0 Å². The number of para-hydroxylation sites is 3. The van der Waals surface area contributed by atoms with Crippen LogP contribution in [-0.2, 0) is 0 Å². The van der Waals surface area contributed by atoms with E-state index >= 15 is 0 Å². The first-order chi connectivity index (χ1) is 12.3. The molecule has 2 aliphatic rings. The number of pyridine rings is 1. The van der Waals surface area contributed by atoms with Gasteiger partial charge in [0.15, 0.2) is 11.2 Å². The highest BCUT2D eigenvalue weighted by atomic mass is 79.9. The van der Waals surface area contributed by atoms with Gasteiger partial charge in [-0.2, -0.15) is 0 Å². The molecule has 0 saturated heterocycles. The van der Waals surface area contributed by atoms with Crippen molar-refractivity contribution in [1.82, 2.24) is 4.57 Å². The van der Waals surface area contributed by atoms with Crippen LogP contribution in [0.4, 0.5) is 0 Å². The van der Waals surface area contributed by atoms with Gasteiger partial charge in [0.1, 0.15) is 0 Å². The van der Waals surface area contributed by atoms with Crippen molar-refractivity contribution in [2.45, 2.75) is 0 Å². The summed E-state index contributed by atoms with van der Waals surface area (Å²) < 4.78 is 9.67. The quantitative estimate of drug-likeness (QED) is 0.205. The Hall–Kier alpha value is -2.78. The molecule has 0 radical (unpaired) electrons. The van der Waals surface area contributed by atoms with Crippen LogP contribution in [0.2, 0.25) is 0 Å². The van der Waals surface area contributed by atoms with Crippen molar-refractivity contribution >= 4 is 59.7 Å². The van der Waals surface area contributed by atoms with Crippen LogP contribution in [0.25, 0.3) is 49.4 Å². The number of fused-ring (bicyclic) bond motifs is 4. The van der Waals surface area contributed by atoms with Crippen LogP contribution in [-0.4, -0.2) is 4.57 Å². The van der Waals surface area contributed by atoms with Crippen LogP contribution in [0, 0.1) is 0 Å². The van der Waals surface area contributed by atoms with Crippen LogP contribution in [0.1, 0.15) is 0 Å². The van der Waals surface area contributed by atoms with Gasteiger partial charge in [0.05, 0.1) is 16.7 Å². The summed E-state index contributed by atoms with van der Waals surface area (Å²) in [5, 5.41) is 4.97. The minimum absolute atomic E-state index is 0.891. The number of rotatable bonds is 0. The van der Waals surface area contributed by atoms with Crippen molar-refractivity contribution in [1.29, 1.82) is 0 Å². The van der Waals surface area contributed by atoms with Crippen molar-refractivity contribution in [3.05, 3.63) is 77.3 Å². The number of nitrogens with zero attached hydrogens (tertiary/aromatic N) is 1. The van der Waals surface area contributed by atoms with E-state index in [4.69, 9.17) is 4.42 Å². The Balaban J connectivity index is 2.10. The van der Waals surface area contributed by atoms with Crippen LogP contribution in [0.15, 0.2) is 81.7 Å². The van der Waals surface area contributed by atoms with Crippen molar-refractivity contribution in [2.24, 2.45) is 0 Å². The average Bonchev–Trinajstić information content (AvgIpc) is 2.66. The molecule has 0 unspecified atom stereocenters. The topological polar surface area (TPSA) is 18.1 Å². The zero-order valence-corrected chi connectivity index (χ0v) is 14.7. The Morgan fingerprint density at radius 3 is 2.36 bits per heavy atom. The predicted molar refractivity (Wildman–Crippen MR) is 107 cm³/mol. The van der Waals surface area contributed by atoms with Crippen LogP contribution < -0.4 is 0 Å². The molecule has 4 aromatic rings. The third kappa shape index (κ3) is 1.64. The molecule has 0 spiro atoms. The predicted octanol–water partition coefficient (Wildman–Crippen LogP) is 6.88. The molecule has 0 amide bonds. The third-order valence-corrected chi connectivity index (χ3v) is 5.74. The summed E-state index contributed by atoms with van der Waals surface area (Å²) in [5.74, 6) is 0. The van der Waals surface area contributed by atoms with E-state index in [2.05, 4.69) is 75.1 Å². The number of aromatic nitrogens is 1. The zero-order chi connectivity index (χ0) is 16.5. The standard InChI is InChI=1S/C22H12BrNO/c23-16-11-12-18-21-13(5-3-7-15(16)21)14-6-4-10-20-22(14)24(18)17-8-1-2-9-19(17)25-20/h1-12H. The van der Waals surface area contributed by atoms with Gasteiger partial charge in [-0.05, 0) is 41.1 Å². The maximum absolute atomic E-state index is 6.21. The van der Waals surface area contributed by atoms with Crippen molar-refractivity contribution < 1.29 is 4.42 Å². The second kappa shape index (κ2) is 4.64. The van der Waals surface area contributed by atoms with Gasteiger partial charge in [0.25, 0.3) is 0 Å². The van der Waals surface area contributed by atoms with E-state index in [9.17, 15) is 0 Å². The Kier molecular flexibility index (Phi) is 2.51. The molecular weight excluding hydrogens is 374 g/mol. The smallest absolute Gasteiger partial charge is 0.152 e. The van der Waals surface area contributed by atoms with Crippen LogP contribution >= 0.6 is 15.9 Å². The summed E-state index contributed by atoms with van der Waals surface area (Å²) in [4.78, 5) is 0. The molecule has 4 aromatic carbocycles. The summed E-state index contributed by atoms with van der Waals surface area (Å²) in [6, 6.07) is 25.4. The highest BCUT2D eigenvalue weighted by Crippen LogP contribution is 2.42. The van der Waals surface area contributed by atoms with E-state index < -0.39 is 0 Å². The molecule has 0 fully saturated rings. The molecule has 3 heteroatoms. The van der Waals surface area contributed by atoms with Crippen LogP contribution in [0.3, 0.4) is 0 Å². The lowest BCUT2D eigenvalue weighted by Crippen LogP contribution is -2.04. The van der Waals surface area contributed by atoms with E-state index in [1.165, 1.54) is 27.1 Å². The number of hydrogen-bond donors (Lipinski definition) is 0. The van der Waals surface area contributed by atoms with Gasteiger partial charge < -0.3 is 8.98 Å². The van der Waals surface area contributed by atoms with Gasteiger partial charge in [-0.15, -0.1) is 0 Å². The zero-order valence-electron chi connectivity index (χ0n) is 13.2. The maximum atomic E-state index is 6.21. The Labute approximate surface area is 151 Å². The van der Waals surface area contributed by atoms with Gasteiger partial charge in [-0.25, -0.2) is 0 Å². The molecule has 0 saturated carbocycles. The molecule has 6 rings (SSSR count). The molecule has 0 atom stereocenters. The molecule has 0 bridgehead atoms.